The summed E-state index contributed by atoms with van der Waals surface area (Å²) in [5.74, 6) is -0.526. The molecule has 5 rings (SSSR count). The van der Waals surface area contributed by atoms with Crippen LogP contribution in [0.15, 0.2) is 51.7 Å². The third-order valence-corrected chi connectivity index (χ3v) is 7.15. The number of hydrogen-bond acceptors (Lipinski definition) is 15. The van der Waals surface area contributed by atoms with Gasteiger partial charge in [-0.3, -0.25) is 4.79 Å². The summed E-state index contributed by atoms with van der Waals surface area (Å²) in [5, 5.41) is 91.0. The lowest BCUT2D eigenvalue weighted by molar-refractivity contribution is -0.352. The summed E-state index contributed by atoms with van der Waals surface area (Å²) >= 11 is 0. The van der Waals surface area contributed by atoms with Gasteiger partial charge in [-0.25, -0.2) is 0 Å². The molecule has 0 bridgehead atoms. The lowest BCUT2D eigenvalue weighted by Gasteiger charge is -2.45. The smallest absolute Gasteiger partial charge is 0.229 e. The van der Waals surface area contributed by atoms with Crippen LogP contribution >= 0.6 is 0 Å². The fourth-order valence-corrected chi connectivity index (χ4v) is 4.87. The van der Waals surface area contributed by atoms with Crippen molar-refractivity contribution in [3.8, 4) is 28.6 Å². The van der Waals surface area contributed by atoms with Gasteiger partial charge in [-0.1, -0.05) is 0 Å². The molecule has 15 nitrogen and oxygen atoms in total. The fourth-order valence-electron chi connectivity index (χ4n) is 4.87. The molecule has 0 amide bonds. The van der Waals surface area contributed by atoms with E-state index in [1.54, 1.807) is 0 Å². The molecule has 10 unspecified atom stereocenters. The van der Waals surface area contributed by atoms with E-state index in [2.05, 4.69) is 0 Å². The van der Waals surface area contributed by atoms with Crippen LogP contribution in [0.3, 0.4) is 0 Å². The van der Waals surface area contributed by atoms with E-state index in [1.807, 2.05) is 0 Å². The highest BCUT2D eigenvalue weighted by atomic mass is 16.7. The van der Waals surface area contributed by atoms with Gasteiger partial charge in [0, 0.05) is 23.8 Å². The minimum Gasteiger partial charge on any atom is -0.508 e. The third-order valence-electron chi connectivity index (χ3n) is 7.15. The van der Waals surface area contributed by atoms with Crippen molar-refractivity contribution in [2.75, 3.05) is 13.2 Å². The van der Waals surface area contributed by atoms with Crippen LogP contribution in [0.1, 0.15) is 0 Å². The average Bonchev–Trinajstić information content (AvgIpc) is 2.96. The van der Waals surface area contributed by atoms with Gasteiger partial charge in [0.1, 0.15) is 82.8 Å². The number of fused-ring (bicyclic) bond motifs is 1. The molecule has 3 aromatic rings. The summed E-state index contributed by atoms with van der Waals surface area (Å²) in [7, 11) is 0. The second-order valence-corrected chi connectivity index (χ2v) is 9.96. The van der Waals surface area contributed by atoms with Crippen LogP contribution in [0.25, 0.3) is 22.3 Å². The molecule has 2 aromatic carbocycles. The molecule has 15 heteroatoms. The van der Waals surface area contributed by atoms with Crippen LogP contribution < -0.4 is 10.2 Å². The summed E-state index contributed by atoms with van der Waals surface area (Å²) < 4.78 is 27.8. The Balaban J connectivity index is 1.37. The standard InChI is InChI=1S/C27H30O15/c28-8-17-20(33)21(34)23(36)27(40-17)42-25-18(9-29)41-26(24(37)22(25)35)38-12-5-13(31)19-14(32)7-15(39-16(19)6-12)10-1-3-11(30)4-2-10/h1-7,17-18,20-31,33-37H,8-9H2. The van der Waals surface area contributed by atoms with Crippen LogP contribution in [-0.4, -0.2) is 121 Å². The summed E-state index contributed by atoms with van der Waals surface area (Å²) in [5.41, 5.74) is -0.196. The predicted octanol–water partition coefficient (Wildman–Crippen LogP) is -2.13. The minimum absolute atomic E-state index is 0.00505. The Bertz CT molecular complexity index is 1440. The molecule has 2 saturated heterocycles. The first-order valence-electron chi connectivity index (χ1n) is 12.9. The zero-order chi connectivity index (χ0) is 30.3. The number of aliphatic hydroxyl groups is 7. The van der Waals surface area contributed by atoms with E-state index in [0.29, 0.717) is 5.56 Å². The number of aliphatic hydroxyl groups excluding tert-OH is 7. The van der Waals surface area contributed by atoms with E-state index in [-0.39, 0.29) is 28.2 Å². The third kappa shape index (κ3) is 5.67. The van der Waals surface area contributed by atoms with Crippen LogP contribution in [0.2, 0.25) is 0 Å². The summed E-state index contributed by atoms with van der Waals surface area (Å²) in [6.07, 6.45) is -16.5. The molecular formula is C27H30O15. The molecule has 0 saturated carbocycles. The van der Waals surface area contributed by atoms with Crippen molar-refractivity contribution in [3.63, 3.8) is 0 Å². The SMILES string of the molecule is O=c1cc(-c2ccc(O)cc2)oc2cc(OC3OC(CO)C(OC4OC(CO)C(O)C(O)C4O)C(O)C3O)cc(O)c12. The van der Waals surface area contributed by atoms with Gasteiger partial charge >= 0.3 is 0 Å². The van der Waals surface area contributed by atoms with Crippen molar-refractivity contribution >= 4 is 11.0 Å². The van der Waals surface area contributed by atoms with Gasteiger partial charge in [0.05, 0.1) is 13.2 Å². The molecule has 0 aliphatic carbocycles. The number of ether oxygens (including phenoxy) is 4. The van der Waals surface area contributed by atoms with Crippen LogP contribution in [0.5, 0.6) is 17.2 Å². The first-order valence-corrected chi connectivity index (χ1v) is 12.9. The van der Waals surface area contributed by atoms with Gasteiger partial charge in [-0.15, -0.1) is 0 Å². The van der Waals surface area contributed by atoms with E-state index < -0.39 is 85.8 Å². The monoisotopic (exact) mass is 594 g/mol. The van der Waals surface area contributed by atoms with Crippen molar-refractivity contribution in [2.24, 2.45) is 0 Å². The van der Waals surface area contributed by atoms with Gasteiger partial charge in [-0.05, 0) is 24.3 Å². The highest BCUT2D eigenvalue weighted by molar-refractivity contribution is 5.86. The van der Waals surface area contributed by atoms with Gasteiger partial charge < -0.3 is 69.3 Å². The molecule has 228 valence electrons. The largest absolute Gasteiger partial charge is 0.508 e. The molecule has 0 spiro atoms. The van der Waals surface area contributed by atoms with Crippen molar-refractivity contribution in [1.29, 1.82) is 0 Å². The number of hydrogen-bond donors (Lipinski definition) is 9. The number of phenols is 2. The summed E-state index contributed by atoms with van der Waals surface area (Å²) in [6, 6.07) is 9.31. The van der Waals surface area contributed by atoms with Crippen LogP contribution in [0.4, 0.5) is 0 Å². The maximum absolute atomic E-state index is 12.7. The van der Waals surface area contributed by atoms with E-state index in [4.69, 9.17) is 23.4 Å². The Hall–Kier alpha value is -3.35. The van der Waals surface area contributed by atoms with Crippen molar-refractivity contribution in [1.82, 2.24) is 0 Å². The molecule has 42 heavy (non-hydrogen) atoms. The second-order valence-electron chi connectivity index (χ2n) is 9.96. The molecule has 10 atom stereocenters. The van der Waals surface area contributed by atoms with E-state index >= 15 is 0 Å². The van der Waals surface area contributed by atoms with Crippen molar-refractivity contribution < 1.29 is 69.3 Å². The first-order chi connectivity index (χ1) is 20.0. The fraction of sp³-hybridized carbons (Fsp3) is 0.444. The Labute approximate surface area is 236 Å². The molecule has 9 N–H and O–H groups in total. The van der Waals surface area contributed by atoms with E-state index in [9.17, 15) is 50.8 Å². The molecular weight excluding hydrogens is 564 g/mol. The minimum atomic E-state index is -1.84. The van der Waals surface area contributed by atoms with Gasteiger partial charge in [0.25, 0.3) is 0 Å². The zero-order valence-corrected chi connectivity index (χ0v) is 21.7. The topological polar surface area (TPSA) is 249 Å². The Morgan fingerprint density at radius 2 is 1.38 bits per heavy atom. The van der Waals surface area contributed by atoms with Gasteiger partial charge in [0.15, 0.2) is 11.7 Å². The Morgan fingerprint density at radius 1 is 0.738 bits per heavy atom. The predicted molar refractivity (Wildman–Crippen MR) is 138 cm³/mol. The van der Waals surface area contributed by atoms with Crippen molar-refractivity contribution in [2.45, 2.75) is 61.4 Å². The zero-order valence-electron chi connectivity index (χ0n) is 21.7. The lowest BCUT2D eigenvalue weighted by Crippen LogP contribution is -2.65. The molecule has 0 radical (unpaired) electrons. The molecule has 3 heterocycles. The summed E-state index contributed by atoms with van der Waals surface area (Å²) in [6.45, 7) is -1.51. The lowest BCUT2D eigenvalue weighted by atomic mass is 9.97. The van der Waals surface area contributed by atoms with Crippen LogP contribution in [0, 0.1) is 0 Å². The summed E-state index contributed by atoms with van der Waals surface area (Å²) in [4.78, 5) is 12.7. The average molecular weight is 595 g/mol. The van der Waals surface area contributed by atoms with Gasteiger partial charge in [0.2, 0.25) is 6.29 Å². The second kappa shape index (κ2) is 12.1. The van der Waals surface area contributed by atoms with Crippen molar-refractivity contribution in [3.05, 3.63) is 52.7 Å². The normalized spacial score (nSPS) is 33.5. The number of aromatic hydroxyl groups is 2. The number of phenolic OH excluding ortho intramolecular Hbond substituents is 2. The molecule has 2 aliphatic heterocycles. The number of rotatable bonds is 7. The maximum Gasteiger partial charge on any atom is 0.229 e. The number of benzene rings is 2. The highest BCUT2D eigenvalue weighted by Crippen LogP contribution is 2.34. The van der Waals surface area contributed by atoms with E-state index in [0.717, 1.165) is 6.07 Å². The van der Waals surface area contributed by atoms with Crippen LogP contribution in [-0.2, 0) is 14.2 Å². The van der Waals surface area contributed by atoms with E-state index in [1.165, 1.54) is 36.4 Å². The maximum atomic E-state index is 12.7. The molecule has 2 aliphatic rings. The van der Waals surface area contributed by atoms with Gasteiger partial charge in [-0.2, -0.15) is 0 Å². The highest BCUT2D eigenvalue weighted by Gasteiger charge is 2.51. The Morgan fingerprint density at radius 3 is 2.05 bits per heavy atom. The molecule has 1 aromatic heterocycles. The quantitative estimate of drug-likeness (QED) is 0.142. The first kappa shape index (κ1) is 30.1. The molecule has 2 fully saturated rings. The Kier molecular flexibility index (Phi) is 8.68.